The summed E-state index contributed by atoms with van der Waals surface area (Å²) in [6.07, 6.45) is 6.99. The minimum absolute atomic E-state index is 1.00. The Bertz CT molecular complexity index is 212. The lowest BCUT2D eigenvalue weighted by Crippen LogP contribution is -1.65. The van der Waals surface area contributed by atoms with Crippen LogP contribution in [0, 0.1) is 23.7 Å². The van der Waals surface area contributed by atoms with Crippen LogP contribution in [0.2, 0.25) is 0 Å². The molecule has 0 aromatic heterocycles. The Kier molecular flexibility index (Phi) is 7.94. The van der Waals surface area contributed by atoms with E-state index in [2.05, 4.69) is 30.6 Å². The molecule has 0 fully saturated rings. The molecule has 0 unspecified atom stereocenters. The summed E-state index contributed by atoms with van der Waals surface area (Å²) in [6.45, 7) is 3.98. The first-order valence-corrected chi connectivity index (χ1v) is 3.97. The van der Waals surface area contributed by atoms with Crippen LogP contribution in [-0.2, 0) is 0 Å². The Morgan fingerprint density at radius 1 is 1.18 bits per heavy atom. The molecule has 0 aromatic carbocycles. The summed E-state index contributed by atoms with van der Waals surface area (Å²) < 4.78 is 0. The fraction of sp³-hybridized carbons (Fsp3) is 0.455. The molecule has 0 rings (SSSR count). The smallest absolute Gasteiger partial charge is 0.00921 e. The lowest BCUT2D eigenvalue weighted by atomic mass is 10.2. The molecule has 0 spiro atoms. The van der Waals surface area contributed by atoms with Gasteiger partial charge in [0.25, 0.3) is 0 Å². The van der Waals surface area contributed by atoms with E-state index in [1.165, 1.54) is 12.8 Å². The number of hydrogen-bond donors (Lipinski definition) is 0. The number of rotatable bonds is 2. The van der Waals surface area contributed by atoms with Crippen molar-refractivity contribution in [3.63, 3.8) is 0 Å². The van der Waals surface area contributed by atoms with Gasteiger partial charge in [-0.25, -0.2) is 0 Å². The Labute approximate surface area is 69.7 Å². The van der Waals surface area contributed by atoms with Crippen molar-refractivity contribution in [1.82, 2.24) is 0 Å². The molecule has 0 aliphatic carbocycles. The van der Waals surface area contributed by atoms with Crippen molar-refractivity contribution in [3.8, 4) is 23.7 Å². The van der Waals surface area contributed by atoms with Crippen LogP contribution >= 0.6 is 0 Å². The fourth-order valence-corrected chi connectivity index (χ4v) is 0.563. The summed E-state index contributed by atoms with van der Waals surface area (Å²) in [7, 11) is 0. The van der Waals surface area contributed by atoms with Crippen molar-refractivity contribution in [2.24, 2.45) is 0 Å². The number of allylic oxidation sites excluding steroid dienone is 2. The van der Waals surface area contributed by atoms with Crippen molar-refractivity contribution in [2.45, 2.75) is 33.1 Å². The minimum atomic E-state index is 1.00. The average molecular weight is 146 g/mol. The monoisotopic (exact) mass is 146 g/mol. The maximum absolute atomic E-state index is 3.04. The lowest BCUT2D eigenvalue weighted by Gasteiger charge is -1.81. The Morgan fingerprint density at radius 3 is 2.55 bits per heavy atom. The first kappa shape index (κ1) is 9.86. The second-order valence-corrected chi connectivity index (χ2v) is 2.15. The highest BCUT2D eigenvalue weighted by atomic mass is 13.8. The van der Waals surface area contributed by atoms with Gasteiger partial charge in [-0.1, -0.05) is 31.1 Å². The van der Waals surface area contributed by atoms with Crippen LogP contribution in [0.3, 0.4) is 0 Å². The molecule has 0 aliphatic heterocycles. The molecule has 0 N–H and O–H groups in total. The van der Waals surface area contributed by atoms with E-state index in [-0.39, 0.29) is 0 Å². The SMILES string of the molecule is CC#C/C=C\C#CCCCC. The van der Waals surface area contributed by atoms with Crippen molar-refractivity contribution in [3.05, 3.63) is 12.2 Å². The van der Waals surface area contributed by atoms with E-state index in [0.29, 0.717) is 0 Å². The maximum atomic E-state index is 3.04. The predicted molar refractivity (Wildman–Crippen MR) is 49.9 cm³/mol. The largest absolute Gasteiger partial charge is 0.102 e. The molecule has 0 bridgehead atoms. The molecule has 11 heavy (non-hydrogen) atoms. The van der Waals surface area contributed by atoms with E-state index < -0.39 is 0 Å². The van der Waals surface area contributed by atoms with Gasteiger partial charge in [0, 0.05) is 6.42 Å². The highest BCUT2D eigenvalue weighted by Gasteiger charge is 1.73. The Morgan fingerprint density at radius 2 is 1.91 bits per heavy atom. The summed E-state index contributed by atoms with van der Waals surface area (Å²) in [5, 5.41) is 0. The molecule has 0 saturated heterocycles. The second kappa shape index (κ2) is 8.86. The minimum Gasteiger partial charge on any atom is -0.102 e. The first-order valence-electron chi connectivity index (χ1n) is 3.97. The Hall–Kier alpha value is -1.14. The van der Waals surface area contributed by atoms with Gasteiger partial charge < -0.3 is 0 Å². The van der Waals surface area contributed by atoms with E-state index in [9.17, 15) is 0 Å². The van der Waals surface area contributed by atoms with E-state index in [1.54, 1.807) is 12.2 Å². The first-order chi connectivity index (χ1) is 5.41. The van der Waals surface area contributed by atoms with Gasteiger partial charge in [0.2, 0.25) is 0 Å². The van der Waals surface area contributed by atoms with Gasteiger partial charge in [0.05, 0.1) is 0 Å². The van der Waals surface area contributed by atoms with Crippen LogP contribution in [-0.4, -0.2) is 0 Å². The van der Waals surface area contributed by atoms with Crippen LogP contribution in [0.5, 0.6) is 0 Å². The lowest BCUT2D eigenvalue weighted by molar-refractivity contribution is 0.828. The standard InChI is InChI=1S/C11H14/c1-3-5-7-9-11-10-8-6-4-2/h8,10H,3,5,7H2,1-2H3/b10-8-. The van der Waals surface area contributed by atoms with Gasteiger partial charge in [-0.05, 0) is 25.5 Å². The van der Waals surface area contributed by atoms with E-state index in [1.807, 2.05) is 6.92 Å². The molecule has 0 amide bonds. The van der Waals surface area contributed by atoms with Gasteiger partial charge in [-0.2, -0.15) is 0 Å². The molecule has 0 aliphatic rings. The normalized spacial score (nSPS) is 8.18. The predicted octanol–water partition coefficient (Wildman–Crippen LogP) is 2.76. The number of hydrogen-bond acceptors (Lipinski definition) is 0. The van der Waals surface area contributed by atoms with Gasteiger partial charge in [-0.3, -0.25) is 0 Å². The molecule has 0 heteroatoms. The van der Waals surface area contributed by atoms with Crippen LogP contribution in [0.4, 0.5) is 0 Å². The zero-order valence-electron chi connectivity index (χ0n) is 7.28. The van der Waals surface area contributed by atoms with Crippen molar-refractivity contribution < 1.29 is 0 Å². The molecule has 0 radical (unpaired) electrons. The maximum Gasteiger partial charge on any atom is 0.00921 e. The molecule has 0 atom stereocenters. The van der Waals surface area contributed by atoms with Crippen molar-refractivity contribution in [2.75, 3.05) is 0 Å². The number of unbranched alkanes of at least 4 members (excludes halogenated alkanes) is 2. The van der Waals surface area contributed by atoms with E-state index in [0.717, 1.165) is 6.42 Å². The van der Waals surface area contributed by atoms with E-state index >= 15 is 0 Å². The third-order valence-electron chi connectivity index (χ3n) is 1.15. The molecule has 0 aromatic rings. The highest BCUT2D eigenvalue weighted by Crippen LogP contribution is 1.89. The summed E-state index contributed by atoms with van der Waals surface area (Å²) in [5.74, 6) is 11.5. The van der Waals surface area contributed by atoms with Gasteiger partial charge in [-0.15, -0.1) is 5.92 Å². The van der Waals surface area contributed by atoms with Gasteiger partial charge in [0.15, 0.2) is 0 Å². The third-order valence-corrected chi connectivity index (χ3v) is 1.15. The topological polar surface area (TPSA) is 0 Å². The van der Waals surface area contributed by atoms with Crippen LogP contribution in [0.1, 0.15) is 33.1 Å². The van der Waals surface area contributed by atoms with Crippen LogP contribution in [0.25, 0.3) is 0 Å². The van der Waals surface area contributed by atoms with Gasteiger partial charge >= 0.3 is 0 Å². The molecular weight excluding hydrogens is 132 g/mol. The summed E-state index contributed by atoms with van der Waals surface area (Å²) in [5.41, 5.74) is 0. The second-order valence-electron chi connectivity index (χ2n) is 2.15. The zero-order valence-corrected chi connectivity index (χ0v) is 7.28. The van der Waals surface area contributed by atoms with Crippen LogP contribution in [0.15, 0.2) is 12.2 Å². The summed E-state index contributed by atoms with van der Waals surface area (Å²) >= 11 is 0. The molecule has 0 saturated carbocycles. The highest BCUT2D eigenvalue weighted by molar-refractivity contribution is 5.24. The molecular formula is C11H14. The molecule has 58 valence electrons. The average Bonchev–Trinajstić information content (AvgIpc) is 2.03. The molecule has 0 nitrogen and oxygen atoms in total. The third kappa shape index (κ3) is 8.86. The Balaban J connectivity index is 3.44. The summed E-state index contributed by atoms with van der Waals surface area (Å²) in [4.78, 5) is 0. The quantitative estimate of drug-likeness (QED) is 0.415. The van der Waals surface area contributed by atoms with E-state index in [4.69, 9.17) is 0 Å². The molecule has 0 heterocycles. The zero-order chi connectivity index (χ0) is 8.36. The summed E-state index contributed by atoms with van der Waals surface area (Å²) in [6, 6.07) is 0. The van der Waals surface area contributed by atoms with Crippen molar-refractivity contribution in [1.29, 1.82) is 0 Å². The van der Waals surface area contributed by atoms with Crippen molar-refractivity contribution >= 4 is 0 Å². The van der Waals surface area contributed by atoms with Crippen LogP contribution < -0.4 is 0 Å². The fourth-order valence-electron chi connectivity index (χ4n) is 0.563. The van der Waals surface area contributed by atoms with Gasteiger partial charge in [0.1, 0.15) is 0 Å².